The van der Waals surface area contributed by atoms with Crippen LogP contribution in [0.25, 0.3) is 0 Å². The Hall–Kier alpha value is -4.00. The summed E-state index contributed by atoms with van der Waals surface area (Å²) in [5, 5.41) is 84.5. The number of nitrogens with one attached hydrogen (secondary N) is 3. The van der Waals surface area contributed by atoms with Crippen LogP contribution in [0.15, 0.2) is 12.4 Å². The summed E-state index contributed by atoms with van der Waals surface area (Å²) in [6.45, 7) is 3.67. The van der Waals surface area contributed by atoms with Crippen molar-refractivity contribution in [3.8, 4) is 0 Å². The summed E-state index contributed by atoms with van der Waals surface area (Å²) in [7, 11) is 0. The maximum atomic E-state index is 13.0. The minimum Gasteiger partial charge on any atom is -0.388 e. The summed E-state index contributed by atoms with van der Waals surface area (Å²) in [6.07, 6.45) is -7.05. The van der Waals surface area contributed by atoms with Crippen molar-refractivity contribution >= 4 is 23.5 Å². The maximum Gasteiger partial charge on any atom is 0.234 e. The fourth-order valence-electron chi connectivity index (χ4n) is 5.76. The van der Waals surface area contributed by atoms with Crippen LogP contribution in [0, 0.1) is 0 Å². The predicted molar refractivity (Wildman–Crippen MR) is 178 cm³/mol. The summed E-state index contributed by atoms with van der Waals surface area (Å²) in [4.78, 5) is 51.2. The highest BCUT2D eigenvalue weighted by Gasteiger charge is 2.44. The van der Waals surface area contributed by atoms with Crippen molar-refractivity contribution in [2.24, 2.45) is 0 Å². The van der Waals surface area contributed by atoms with E-state index in [-0.39, 0.29) is 49.9 Å². The van der Waals surface area contributed by atoms with Crippen molar-refractivity contribution in [2.45, 2.75) is 121 Å². The van der Waals surface area contributed by atoms with Crippen molar-refractivity contribution < 1.29 is 59.3 Å². The van der Waals surface area contributed by atoms with E-state index in [9.17, 15) is 49.8 Å². The van der Waals surface area contributed by atoms with Gasteiger partial charge in [-0.3, -0.25) is 19.3 Å². The standard InChI is InChI=1S/C31H50N10O12/c1-16(42)7-5-4-6-8-32-21(43)13-39(14-22(44)33-9-19-11-40(37-35-19)30-28(50)26(48)24(46)17(2)52-30)15-23(45)34-10-20-12-41(38-36-20)31-29(51)27(49)25(47)18(3)53-31/h11-12,17-18,24-31,46-51H,4-10,13-15H2,1-3H3,(H,32,43)(H,33,44)(H,34,45)/t17-,18-,24+,25+,26+,27+,28-,29-,30-,31-/m0/s1. The number of aromatic nitrogens is 6. The van der Waals surface area contributed by atoms with E-state index in [1.54, 1.807) is 0 Å². The van der Waals surface area contributed by atoms with Crippen LogP contribution in [0.1, 0.15) is 70.3 Å². The van der Waals surface area contributed by atoms with Gasteiger partial charge in [-0.05, 0) is 33.6 Å². The van der Waals surface area contributed by atoms with Gasteiger partial charge in [0.15, 0.2) is 12.5 Å². The molecule has 0 spiro atoms. The molecule has 2 aromatic rings. The van der Waals surface area contributed by atoms with Gasteiger partial charge in [0.05, 0.1) is 57.3 Å². The van der Waals surface area contributed by atoms with Gasteiger partial charge in [0.2, 0.25) is 17.7 Å². The Labute approximate surface area is 304 Å². The molecule has 4 heterocycles. The zero-order valence-electron chi connectivity index (χ0n) is 29.8. The van der Waals surface area contributed by atoms with Crippen LogP contribution < -0.4 is 16.0 Å². The number of carbonyl (C=O) groups is 4. The van der Waals surface area contributed by atoms with Gasteiger partial charge >= 0.3 is 0 Å². The Bertz CT molecular complexity index is 1440. The number of amides is 3. The largest absolute Gasteiger partial charge is 0.388 e. The van der Waals surface area contributed by atoms with Gasteiger partial charge in [-0.15, -0.1) is 10.2 Å². The molecule has 2 aliphatic rings. The van der Waals surface area contributed by atoms with Crippen molar-refractivity contribution in [3.05, 3.63) is 23.8 Å². The first kappa shape index (κ1) is 41.8. The highest BCUT2D eigenvalue weighted by molar-refractivity contribution is 5.84. The average Bonchev–Trinajstić information content (AvgIpc) is 3.79. The van der Waals surface area contributed by atoms with E-state index in [1.807, 2.05) is 0 Å². The Kier molecular flexibility index (Phi) is 15.3. The number of carbonyl (C=O) groups excluding carboxylic acids is 4. The Morgan fingerprint density at radius 2 is 1.09 bits per heavy atom. The molecule has 22 heteroatoms. The third-order valence-electron chi connectivity index (χ3n) is 8.85. The molecule has 296 valence electrons. The van der Waals surface area contributed by atoms with Crippen molar-refractivity contribution in [3.63, 3.8) is 0 Å². The molecular weight excluding hydrogens is 704 g/mol. The molecule has 0 bridgehead atoms. The van der Waals surface area contributed by atoms with E-state index in [1.165, 1.54) is 38.1 Å². The van der Waals surface area contributed by atoms with Gasteiger partial charge in [0, 0.05) is 13.0 Å². The van der Waals surface area contributed by atoms with Gasteiger partial charge in [-0.2, -0.15) is 0 Å². The second kappa shape index (κ2) is 19.4. The molecular formula is C31H50N10O12. The summed E-state index contributed by atoms with van der Waals surface area (Å²) in [5.74, 6) is -1.44. The molecule has 10 atom stereocenters. The summed E-state index contributed by atoms with van der Waals surface area (Å²) in [6, 6.07) is 0. The lowest BCUT2D eigenvalue weighted by molar-refractivity contribution is -0.243. The second-order valence-corrected chi connectivity index (χ2v) is 13.3. The van der Waals surface area contributed by atoms with Crippen LogP contribution in [0.4, 0.5) is 0 Å². The molecule has 9 N–H and O–H groups in total. The van der Waals surface area contributed by atoms with E-state index in [0.717, 1.165) is 15.8 Å². The second-order valence-electron chi connectivity index (χ2n) is 13.3. The van der Waals surface area contributed by atoms with Crippen LogP contribution in [0.3, 0.4) is 0 Å². The normalized spacial score (nSPS) is 28.8. The van der Waals surface area contributed by atoms with Gasteiger partial charge in [-0.25, -0.2) is 9.36 Å². The van der Waals surface area contributed by atoms with Crippen LogP contribution in [0.2, 0.25) is 0 Å². The molecule has 3 amide bonds. The first-order valence-corrected chi connectivity index (χ1v) is 17.4. The van der Waals surface area contributed by atoms with Crippen molar-refractivity contribution in [2.75, 3.05) is 26.2 Å². The fourth-order valence-corrected chi connectivity index (χ4v) is 5.76. The summed E-state index contributed by atoms with van der Waals surface area (Å²) >= 11 is 0. The highest BCUT2D eigenvalue weighted by atomic mass is 16.6. The number of ketones is 1. The minimum absolute atomic E-state index is 0.0925. The zero-order chi connectivity index (χ0) is 38.8. The number of ether oxygens (including phenoxy) is 2. The van der Waals surface area contributed by atoms with E-state index < -0.39 is 79.0 Å². The quantitative estimate of drug-likeness (QED) is 0.0647. The lowest BCUT2D eigenvalue weighted by Crippen LogP contribution is -2.54. The van der Waals surface area contributed by atoms with E-state index in [2.05, 4.69) is 36.6 Å². The van der Waals surface area contributed by atoms with Crippen LogP contribution in [0.5, 0.6) is 0 Å². The Morgan fingerprint density at radius 1 is 0.660 bits per heavy atom. The smallest absolute Gasteiger partial charge is 0.234 e. The molecule has 2 fully saturated rings. The average molecular weight is 755 g/mol. The number of rotatable bonds is 18. The van der Waals surface area contributed by atoms with E-state index >= 15 is 0 Å². The lowest BCUT2D eigenvalue weighted by Gasteiger charge is -2.38. The molecule has 2 saturated heterocycles. The minimum atomic E-state index is -1.49. The molecule has 0 aromatic carbocycles. The first-order valence-electron chi connectivity index (χ1n) is 17.4. The number of hydrogen-bond donors (Lipinski definition) is 9. The molecule has 0 unspecified atom stereocenters. The highest BCUT2D eigenvalue weighted by Crippen LogP contribution is 2.28. The summed E-state index contributed by atoms with van der Waals surface area (Å²) < 4.78 is 13.4. The maximum absolute atomic E-state index is 13.0. The molecule has 0 saturated carbocycles. The topological polar surface area (TPSA) is 309 Å². The molecule has 22 nitrogen and oxygen atoms in total. The zero-order valence-corrected chi connectivity index (χ0v) is 29.8. The molecule has 53 heavy (non-hydrogen) atoms. The molecule has 2 aliphatic heterocycles. The molecule has 4 rings (SSSR count). The Morgan fingerprint density at radius 3 is 1.53 bits per heavy atom. The first-order chi connectivity index (χ1) is 25.1. The number of hydrogen-bond acceptors (Lipinski definition) is 17. The molecule has 0 radical (unpaired) electrons. The predicted octanol–water partition coefficient (Wildman–Crippen LogP) is -4.63. The van der Waals surface area contributed by atoms with Crippen LogP contribution >= 0.6 is 0 Å². The lowest BCUT2D eigenvalue weighted by atomic mass is 9.99. The number of nitrogens with zero attached hydrogens (tertiary/aromatic N) is 7. The number of Topliss-reactive ketones (excluding diaryl/α,β-unsaturated/α-hetero) is 1. The number of aliphatic hydroxyl groups is 6. The Balaban J connectivity index is 1.31. The number of aliphatic hydroxyl groups excluding tert-OH is 6. The van der Waals surface area contributed by atoms with Crippen LogP contribution in [-0.4, -0.2) is 164 Å². The van der Waals surface area contributed by atoms with Crippen molar-refractivity contribution in [1.29, 1.82) is 0 Å². The van der Waals surface area contributed by atoms with E-state index in [0.29, 0.717) is 25.8 Å². The molecule has 2 aromatic heterocycles. The van der Waals surface area contributed by atoms with Gasteiger partial charge in [0.1, 0.15) is 53.8 Å². The third kappa shape index (κ3) is 11.7. The SMILES string of the molecule is CC(=O)CCCCCNC(=O)CN(CC(=O)NCc1cn([C@H]2O[C@@H](C)[C@@H](O)[C@@H](O)[C@@H]2O)nn1)CC(=O)NCc1cn([C@H]2O[C@@H](C)[C@@H](O)[C@@H](O)[C@@H]2O)nn1. The van der Waals surface area contributed by atoms with Gasteiger partial charge in [0.25, 0.3) is 0 Å². The van der Waals surface area contributed by atoms with Gasteiger partial charge < -0.3 is 60.9 Å². The van der Waals surface area contributed by atoms with Crippen LogP contribution in [-0.2, 0) is 41.7 Å². The van der Waals surface area contributed by atoms with Crippen molar-refractivity contribution in [1.82, 2.24) is 50.8 Å². The monoisotopic (exact) mass is 754 g/mol. The molecule has 0 aliphatic carbocycles. The van der Waals surface area contributed by atoms with Gasteiger partial charge in [-0.1, -0.05) is 16.8 Å². The number of unbranched alkanes of at least 4 members (excludes halogenated alkanes) is 2. The van der Waals surface area contributed by atoms with E-state index in [4.69, 9.17) is 9.47 Å². The third-order valence-corrected chi connectivity index (χ3v) is 8.85. The fraction of sp³-hybridized carbons (Fsp3) is 0.742. The summed E-state index contributed by atoms with van der Waals surface area (Å²) in [5.41, 5.74) is 0.544.